The number of thiophene rings is 1. The molecule has 2 rings (SSSR count). The molecule has 0 bridgehead atoms. The van der Waals surface area contributed by atoms with Gasteiger partial charge in [0.05, 0.1) is 10.3 Å². The second-order valence-electron chi connectivity index (χ2n) is 2.52. The Hall–Kier alpha value is -0.390. The molecule has 0 aliphatic carbocycles. The highest BCUT2D eigenvalue weighted by Crippen LogP contribution is 2.23. The average Bonchev–Trinajstić information content (AvgIpc) is 2.65. The molecule has 0 fully saturated rings. The van der Waals surface area contributed by atoms with E-state index in [4.69, 9.17) is 0 Å². The first-order valence-electron chi connectivity index (χ1n) is 3.63. The first kappa shape index (κ1) is 9.18. The van der Waals surface area contributed by atoms with E-state index in [9.17, 15) is 4.79 Å². The van der Waals surface area contributed by atoms with Crippen LogP contribution in [-0.4, -0.2) is 4.57 Å². The van der Waals surface area contributed by atoms with Crippen LogP contribution in [0.5, 0.6) is 0 Å². The van der Waals surface area contributed by atoms with Gasteiger partial charge >= 0.3 is 4.87 Å². The maximum Gasteiger partial charge on any atom is 0.307 e. The molecule has 68 valence electrons. The van der Waals surface area contributed by atoms with E-state index in [2.05, 4.69) is 15.9 Å². The third-order valence-corrected chi connectivity index (χ3v) is 4.18. The van der Waals surface area contributed by atoms with E-state index < -0.39 is 0 Å². The van der Waals surface area contributed by atoms with Gasteiger partial charge in [0.25, 0.3) is 0 Å². The van der Waals surface area contributed by atoms with Gasteiger partial charge in [0.15, 0.2) is 0 Å². The Morgan fingerprint density at radius 2 is 2.23 bits per heavy atom. The lowest BCUT2D eigenvalue weighted by Crippen LogP contribution is -2.12. The minimum Gasteiger partial charge on any atom is -0.301 e. The fourth-order valence-electron chi connectivity index (χ4n) is 1.02. The molecule has 0 aromatic carbocycles. The molecule has 0 spiro atoms. The highest BCUT2D eigenvalue weighted by Gasteiger charge is 2.03. The Kier molecular flexibility index (Phi) is 2.66. The van der Waals surface area contributed by atoms with Crippen LogP contribution in [0.4, 0.5) is 0 Å². The van der Waals surface area contributed by atoms with Crippen LogP contribution in [0.15, 0.2) is 31.6 Å². The van der Waals surface area contributed by atoms with E-state index >= 15 is 0 Å². The molecule has 2 aromatic heterocycles. The van der Waals surface area contributed by atoms with E-state index in [0.717, 1.165) is 9.35 Å². The number of hydrogen-bond acceptors (Lipinski definition) is 3. The SMILES string of the molecule is O=c1sccn1Cc1ccsc1Br. The van der Waals surface area contributed by atoms with Crippen LogP contribution in [0.25, 0.3) is 0 Å². The first-order chi connectivity index (χ1) is 6.27. The fourth-order valence-corrected chi connectivity index (χ4v) is 2.83. The van der Waals surface area contributed by atoms with Crippen LogP contribution in [0, 0.1) is 0 Å². The van der Waals surface area contributed by atoms with E-state index in [0.29, 0.717) is 6.54 Å². The van der Waals surface area contributed by atoms with Gasteiger partial charge in [-0.05, 0) is 32.9 Å². The topological polar surface area (TPSA) is 22.0 Å². The molecule has 0 radical (unpaired) electrons. The zero-order valence-corrected chi connectivity index (χ0v) is 9.79. The lowest BCUT2D eigenvalue weighted by Gasteiger charge is -1.98. The van der Waals surface area contributed by atoms with Gasteiger partial charge in [0, 0.05) is 11.6 Å². The highest BCUT2D eigenvalue weighted by atomic mass is 79.9. The number of halogens is 1. The summed E-state index contributed by atoms with van der Waals surface area (Å²) in [7, 11) is 0. The van der Waals surface area contributed by atoms with Crippen molar-refractivity contribution in [2.24, 2.45) is 0 Å². The molecule has 0 aliphatic rings. The standard InChI is InChI=1S/C8H6BrNOS2/c9-7-6(1-3-12-7)5-10-2-4-13-8(10)11/h1-4H,5H2. The van der Waals surface area contributed by atoms with Crippen LogP contribution in [0.3, 0.4) is 0 Å². The molecule has 13 heavy (non-hydrogen) atoms. The largest absolute Gasteiger partial charge is 0.307 e. The van der Waals surface area contributed by atoms with E-state index in [1.165, 1.54) is 11.3 Å². The molecule has 2 heterocycles. The summed E-state index contributed by atoms with van der Waals surface area (Å²) in [6.45, 7) is 0.659. The quantitative estimate of drug-likeness (QED) is 0.826. The van der Waals surface area contributed by atoms with Crippen molar-refractivity contribution in [1.29, 1.82) is 0 Å². The Balaban J connectivity index is 2.29. The summed E-state index contributed by atoms with van der Waals surface area (Å²) >= 11 is 6.31. The third-order valence-electron chi connectivity index (χ3n) is 1.68. The van der Waals surface area contributed by atoms with Crippen LogP contribution < -0.4 is 4.87 Å². The maximum atomic E-state index is 11.2. The fraction of sp³-hybridized carbons (Fsp3) is 0.125. The van der Waals surface area contributed by atoms with Gasteiger partial charge in [0.2, 0.25) is 0 Å². The highest BCUT2D eigenvalue weighted by molar-refractivity contribution is 9.11. The summed E-state index contributed by atoms with van der Waals surface area (Å²) in [6.07, 6.45) is 1.82. The molecule has 0 aliphatic heterocycles. The van der Waals surface area contributed by atoms with E-state index in [1.54, 1.807) is 15.9 Å². The normalized spacial score (nSPS) is 10.5. The zero-order chi connectivity index (χ0) is 9.26. The number of aromatic nitrogens is 1. The Bertz CT molecular complexity index is 456. The minimum atomic E-state index is 0.0955. The second kappa shape index (κ2) is 3.77. The molecular formula is C8H6BrNOS2. The molecular weight excluding hydrogens is 270 g/mol. The van der Waals surface area contributed by atoms with Gasteiger partial charge in [-0.3, -0.25) is 4.79 Å². The minimum absolute atomic E-state index is 0.0955. The Morgan fingerprint density at radius 1 is 1.38 bits per heavy atom. The van der Waals surface area contributed by atoms with Crippen LogP contribution in [0.2, 0.25) is 0 Å². The van der Waals surface area contributed by atoms with Crippen LogP contribution in [-0.2, 0) is 6.54 Å². The zero-order valence-electron chi connectivity index (χ0n) is 6.57. The van der Waals surface area contributed by atoms with Gasteiger partial charge in [-0.2, -0.15) is 0 Å². The molecule has 0 saturated carbocycles. The van der Waals surface area contributed by atoms with Crippen molar-refractivity contribution in [3.8, 4) is 0 Å². The lowest BCUT2D eigenvalue weighted by atomic mass is 10.3. The summed E-state index contributed by atoms with van der Waals surface area (Å²) in [5.74, 6) is 0. The van der Waals surface area contributed by atoms with Gasteiger partial charge in [-0.1, -0.05) is 11.3 Å². The molecule has 0 saturated heterocycles. The summed E-state index contributed by atoms with van der Waals surface area (Å²) in [5.41, 5.74) is 1.16. The summed E-state index contributed by atoms with van der Waals surface area (Å²) in [4.78, 5) is 11.3. The molecule has 2 nitrogen and oxygen atoms in total. The summed E-state index contributed by atoms with van der Waals surface area (Å²) in [5, 5.41) is 3.82. The first-order valence-corrected chi connectivity index (χ1v) is 6.18. The van der Waals surface area contributed by atoms with Crippen molar-refractivity contribution in [3.63, 3.8) is 0 Å². The average molecular weight is 276 g/mol. The molecule has 0 N–H and O–H groups in total. The molecule has 0 unspecified atom stereocenters. The Labute approximate surface area is 91.6 Å². The number of nitrogens with zero attached hydrogens (tertiary/aromatic N) is 1. The molecule has 0 amide bonds. The predicted molar refractivity (Wildman–Crippen MR) is 59.7 cm³/mol. The smallest absolute Gasteiger partial charge is 0.301 e. The van der Waals surface area contributed by atoms with Crippen molar-refractivity contribution >= 4 is 38.6 Å². The number of thiazole rings is 1. The van der Waals surface area contributed by atoms with E-state index in [-0.39, 0.29) is 4.87 Å². The summed E-state index contributed by atoms with van der Waals surface area (Å²) in [6, 6.07) is 2.03. The van der Waals surface area contributed by atoms with Crippen LogP contribution in [0.1, 0.15) is 5.56 Å². The van der Waals surface area contributed by atoms with Crippen molar-refractivity contribution in [2.45, 2.75) is 6.54 Å². The van der Waals surface area contributed by atoms with Gasteiger partial charge in [-0.15, -0.1) is 11.3 Å². The number of hydrogen-bond donors (Lipinski definition) is 0. The predicted octanol–water partition coefficient (Wildman–Crippen LogP) is 2.78. The van der Waals surface area contributed by atoms with Gasteiger partial charge in [0.1, 0.15) is 0 Å². The maximum absolute atomic E-state index is 11.2. The Morgan fingerprint density at radius 3 is 2.77 bits per heavy atom. The third kappa shape index (κ3) is 1.92. The van der Waals surface area contributed by atoms with Crippen LogP contribution >= 0.6 is 38.6 Å². The molecule has 2 aromatic rings. The second-order valence-corrected chi connectivity index (χ2v) is 5.61. The number of rotatable bonds is 2. The summed E-state index contributed by atoms with van der Waals surface area (Å²) < 4.78 is 2.81. The van der Waals surface area contributed by atoms with Gasteiger partial charge < -0.3 is 4.57 Å². The van der Waals surface area contributed by atoms with Crippen molar-refractivity contribution in [2.75, 3.05) is 0 Å². The van der Waals surface area contributed by atoms with Gasteiger partial charge in [-0.25, -0.2) is 0 Å². The molecule has 0 atom stereocenters. The molecule has 5 heteroatoms. The van der Waals surface area contributed by atoms with Crippen molar-refractivity contribution in [3.05, 3.63) is 42.0 Å². The van der Waals surface area contributed by atoms with Crippen molar-refractivity contribution in [1.82, 2.24) is 4.57 Å². The van der Waals surface area contributed by atoms with Crippen molar-refractivity contribution < 1.29 is 0 Å². The van der Waals surface area contributed by atoms with E-state index in [1.807, 2.05) is 23.0 Å². The lowest BCUT2D eigenvalue weighted by molar-refractivity contribution is 0.784. The monoisotopic (exact) mass is 275 g/mol.